The number of aromatic nitrogens is 4. The average molecular weight is 397 g/mol. The fraction of sp³-hybridized carbons (Fsp3) is 0.300. The summed E-state index contributed by atoms with van der Waals surface area (Å²) in [5.74, 6) is 0.263. The Kier molecular flexibility index (Phi) is 5.67. The lowest BCUT2D eigenvalue weighted by Crippen LogP contribution is -2.16. The molecule has 0 aliphatic carbocycles. The Morgan fingerprint density at radius 1 is 1.17 bits per heavy atom. The predicted octanol–water partition coefficient (Wildman–Crippen LogP) is 3.24. The third kappa shape index (κ3) is 4.13. The molecule has 2 aromatic heterocycles. The number of esters is 1. The largest absolute Gasteiger partial charge is 0.496 e. The van der Waals surface area contributed by atoms with Crippen LogP contribution in [0.4, 0.5) is 5.95 Å². The van der Waals surface area contributed by atoms with Gasteiger partial charge in [-0.05, 0) is 45.4 Å². The number of aromatic amines is 2. The summed E-state index contributed by atoms with van der Waals surface area (Å²) in [4.78, 5) is 32.2. The van der Waals surface area contributed by atoms with Crippen LogP contribution in [-0.4, -0.2) is 45.3 Å². The van der Waals surface area contributed by atoms with Crippen LogP contribution in [0.2, 0.25) is 0 Å². The van der Waals surface area contributed by atoms with E-state index in [-0.39, 0.29) is 17.7 Å². The van der Waals surface area contributed by atoms with E-state index in [0.717, 1.165) is 0 Å². The fourth-order valence-corrected chi connectivity index (χ4v) is 3.00. The van der Waals surface area contributed by atoms with Gasteiger partial charge in [-0.2, -0.15) is 4.98 Å². The molecule has 1 amide bonds. The Morgan fingerprint density at radius 2 is 1.90 bits per heavy atom. The summed E-state index contributed by atoms with van der Waals surface area (Å²) in [6, 6.07) is 7.33. The minimum Gasteiger partial charge on any atom is -0.496 e. The van der Waals surface area contributed by atoms with Crippen molar-refractivity contribution < 1.29 is 19.1 Å². The van der Waals surface area contributed by atoms with Gasteiger partial charge in [0, 0.05) is 5.69 Å². The molecule has 0 atom stereocenters. The molecule has 1 aromatic carbocycles. The van der Waals surface area contributed by atoms with Crippen LogP contribution in [0.25, 0.3) is 11.4 Å². The van der Waals surface area contributed by atoms with Gasteiger partial charge in [-0.1, -0.05) is 12.1 Å². The number of rotatable bonds is 6. The minimum atomic E-state index is -0.471. The van der Waals surface area contributed by atoms with Gasteiger partial charge in [0.05, 0.1) is 24.3 Å². The number of para-hydroxylation sites is 1. The molecule has 0 aliphatic rings. The summed E-state index contributed by atoms with van der Waals surface area (Å²) in [6.45, 7) is 6.94. The van der Waals surface area contributed by atoms with E-state index in [1.54, 1.807) is 40.9 Å². The molecule has 3 aromatic rings. The summed E-state index contributed by atoms with van der Waals surface area (Å²) in [6.07, 6.45) is -0.255. The van der Waals surface area contributed by atoms with Crippen molar-refractivity contribution in [2.75, 3.05) is 12.4 Å². The molecule has 0 fully saturated rings. The van der Waals surface area contributed by atoms with Gasteiger partial charge in [0.2, 0.25) is 5.95 Å². The van der Waals surface area contributed by atoms with Gasteiger partial charge in [0.1, 0.15) is 11.4 Å². The number of nitrogens with zero attached hydrogens (tertiary/aromatic N) is 2. The lowest BCUT2D eigenvalue weighted by atomic mass is 10.1. The fourth-order valence-electron chi connectivity index (χ4n) is 3.00. The number of benzene rings is 1. The minimum absolute atomic E-state index is 0.105. The monoisotopic (exact) mass is 397 g/mol. The first-order valence-electron chi connectivity index (χ1n) is 9.09. The Hall–Kier alpha value is -3.62. The maximum absolute atomic E-state index is 12.7. The molecule has 0 aliphatic heterocycles. The number of hydrogen-bond acceptors (Lipinski definition) is 6. The number of methoxy groups -OCH3 is 1. The topological polar surface area (TPSA) is 122 Å². The van der Waals surface area contributed by atoms with Crippen LogP contribution >= 0.6 is 0 Å². The third-order valence-electron chi connectivity index (χ3n) is 4.28. The lowest BCUT2D eigenvalue weighted by Gasteiger charge is -2.08. The zero-order valence-electron chi connectivity index (χ0n) is 16.9. The van der Waals surface area contributed by atoms with Crippen molar-refractivity contribution in [2.45, 2.75) is 33.8 Å². The van der Waals surface area contributed by atoms with Crippen LogP contribution in [0.1, 0.15) is 46.0 Å². The van der Waals surface area contributed by atoms with Crippen LogP contribution < -0.4 is 10.1 Å². The standard InChI is InChI=1S/C20H23N5O4/c1-10(2)29-19(27)15-11(3)16(21-12(15)4)18(26)23-20-22-17(24-25-20)13-8-6-7-9-14(13)28-5/h6-10,21H,1-5H3,(H2,22,23,24,25,26). The summed E-state index contributed by atoms with van der Waals surface area (Å²) < 4.78 is 10.6. The Bertz CT molecular complexity index is 1050. The van der Waals surface area contributed by atoms with E-state index in [1.165, 1.54) is 0 Å². The summed E-state index contributed by atoms with van der Waals surface area (Å²) >= 11 is 0. The van der Waals surface area contributed by atoms with Crippen LogP contribution in [-0.2, 0) is 4.74 Å². The Morgan fingerprint density at radius 3 is 2.59 bits per heavy atom. The summed E-state index contributed by atoms with van der Waals surface area (Å²) in [7, 11) is 1.57. The van der Waals surface area contributed by atoms with Gasteiger partial charge in [0.25, 0.3) is 5.91 Å². The first-order chi connectivity index (χ1) is 13.8. The number of amides is 1. The first kappa shape index (κ1) is 20.1. The van der Waals surface area contributed by atoms with E-state index in [1.807, 2.05) is 18.2 Å². The van der Waals surface area contributed by atoms with Crippen molar-refractivity contribution in [3.8, 4) is 17.1 Å². The van der Waals surface area contributed by atoms with Gasteiger partial charge in [-0.3, -0.25) is 15.2 Å². The second-order valence-electron chi connectivity index (χ2n) is 6.74. The van der Waals surface area contributed by atoms with Crippen molar-refractivity contribution in [1.29, 1.82) is 0 Å². The van der Waals surface area contributed by atoms with Crippen LogP contribution in [0, 0.1) is 13.8 Å². The number of hydrogen-bond donors (Lipinski definition) is 3. The number of anilines is 1. The normalized spacial score (nSPS) is 10.8. The predicted molar refractivity (Wildman–Crippen MR) is 107 cm³/mol. The number of carbonyl (C=O) groups is 2. The van der Waals surface area contributed by atoms with Crippen molar-refractivity contribution >= 4 is 17.8 Å². The number of H-pyrrole nitrogens is 2. The number of ether oxygens (including phenoxy) is 2. The zero-order chi connectivity index (χ0) is 21.1. The molecular formula is C20H23N5O4. The molecule has 3 N–H and O–H groups in total. The first-order valence-corrected chi connectivity index (χ1v) is 9.09. The summed E-state index contributed by atoms with van der Waals surface area (Å²) in [5.41, 5.74) is 2.39. The van der Waals surface area contributed by atoms with Gasteiger partial charge in [0.15, 0.2) is 5.82 Å². The highest BCUT2D eigenvalue weighted by Gasteiger charge is 2.24. The summed E-state index contributed by atoms with van der Waals surface area (Å²) in [5, 5.41) is 9.45. The van der Waals surface area contributed by atoms with Crippen molar-refractivity contribution in [3.05, 3.63) is 46.8 Å². The molecule has 0 radical (unpaired) electrons. The zero-order valence-corrected chi connectivity index (χ0v) is 16.9. The van der Waals surface area contributed by atoms with Crippen LogP contribution in [0.5, 0.6) is 5.75 Å². The van der Waals surface area contributed by atoms with Crippen LogP contribution in [0.15, 0.2) is 24.3 Å². The Labute approximate surface area is 167 Å². The second-order valence-corrected chi connectivity index (χ2v) is 6.74. The molecular weight excluding hydrogens is 374 g/mol. The highest BCUT2D eigenvalue weighted by atomic mass is 16.5. The van der Waals surface area contributed by atoms with E-state index >= 15 is 0 Å². The molecule has 3 rings (SSSR count). The van der Waals surface area contributed by atoms with E-state index in [9.17, 15) is 9.59 Å². The molecule has 152 valence electrons. The van der Waals surface area contributed by atoms with Crippen molar-refractivity contribution in [3.63, 3.8) is 0 Å². The molecule has 0 bridgehead atoms. The molecule has 0 saturated carbocycles. The number of aryl methyl sites for hydroxylation is 1. The highest BCUT2D eigenvalue weighted by molar-refractivity contribution is 6.06. The molecule has 2 heterocycles. The maximum atomic E-state index is 12.7. The number of carbonyl (C=O) groups excluding carboxylic acids is 2. The quantitative estimate of drug-likeness (QED) is 0.549. The van der Waals surface area contributed by atoms with E-state index in [4.69, 9.17) is 9.47 Å². The molecule has 0 saturated heterocycles. The van der Waals surface area contributed by atoms with E-state index in [0.29, 0.717) is 34.0 Å². The van der Waals surface area contributed by atoms with E-state index in [2.05, 4.69) is 25.5 Å². The maximum Gasteiger partial charge on any atom is 0.340 e. The number of nitrogens with one attached hydrogen (secondary N) is 3. The second kappa shape index (κ2) is 8.17. The lowest BCUT2D eigenvalue weighted by molar-refractivity contribution is 0.0376. The average Bonchev–Trinajstić information content (AvgIpc) is 3.25. The third-order valence-corrected chi connectivity index (χ3v) is 4.28. The molecule has 0 spiro atoms. The SMILES string of the molecule is COc1ccccc1-c1nc(NC(=O)c2[nH]c(C)c(C(=O)OC(C)C)c2C)n[nH]1. The molecule has 9 nitrogen and oxygen atoms in total. The van der Waals surface area contributed by atoms with Crippen LogP contribution in [0.3, 0.4) is 0 Å². The Balaban J connectivity index is 1.81. The van der Waals surface area contributed by atoms with Gasteiger partial charge >= 0.3 is 5.97 Å². The van der Waals surface area contributed by atoms with Crippen molar-refractivity contribution in [1.82, 2.24) is 20.2 Å². The highest BCUT2D eigenvalue weighted by Crippen LogP contribution is 2.27. The smallest absolute Gasteiger partial charge is 0.340 e. The van der Waals surface area contributed by atoms with Gasteiger partial charge in [-0.25, -0.2) is 4.79 Å². The molecule has 9 heteroatoms. The van der Waals surface area contributed by atoms with E-state index < -0.39 is 11.9 Å². The van der Waals surface area contributed by atoms with Gasteiger partial charge in [-0.15, -0.1) is 5.10 Å². The van der Waals surface area contributed by atoms with Gasteiger partial charge < -0.3 is 14.5 Å². The van der Waals surface area contributed by atoms with Crippen molar-refractivity contribution in [2.24, 2.45) is 0 Å². The molecule has 29 heavy (non-hydrogen) atoms. The molecule has 0 unspecified atom stereocenters.